The smallest absolute Gasteiger partial charge is 0.137 e. The van der Waals surface area contributed by atoms with Gasteiger partial charge in [0, 0.05) is 6.04 Å². The molecule has 1 nitrogen and oxygen atoms in total. The van der Waals surface area contributed by atoms with E-state index in [1.165, 1.54) is 30.9 Å². The molecule has 1 aliphatic heterocycles. The predicted molar refractivity (Wildman–Crippen MR) is 68.1 cm³/mol. The lowest BCUT2D eigenvalue weighted by Crippen LogP contribution is -2.34. The Morgan fingerprint density at radius 2 is 2.25 bits per heavy atom. The molecule has 0 aromatic heterocycles. The van der Waals surface area contributed by atoms with Gasteiger partial charge in [0.05, 0.1) is 4.47 Å². The van der Waals surface area contributed by atoms with Crippen molar-refractivity contribution in [3.63, 3.8) is 0 Å². The van der Waals surface area contributed by atoms with Gasteiger partial charge < -0.3 is 5.32 Å². The SMILES string of the molecule is Fc1ccc(CCC2CCCCN2)cc1Br. The Morgan fingerprint density at radius 1 is 1.38 bits per heavy atom. The van der Waals surface area contributed by atoms with E-state index in [1.807, 2.05) is 12.1 Å². The summed E-state index contributed by atoms with van der Waals surface area (Å²) in [4.78, 5) is 0. The average molecular weight is 286 g/mol. The van der Waals surface area contributed by atoms with Gasteiger partial charge in [0.15, 0.2) is 0 Å². The van der Waals surface area contributed by atoms with Crippen LogP contribution in [0.5, 0.6) is 0 Å². The molecule has 1 aromatic rings. The molecule has 0 bridgehead atoms. The zero-order chi connectivity index (χ0) is 11.4. The van der Waals surface area contributed by atoms with Crippen LogP contribution in [0.4, 0.5) is 4.39 Å². The maximum atomic E-state index is 13.0. The first-order valence-corrected chi connectivity index (χ1v) is 6.72. The van der Waals surface area contributed by atoms with Crippen LogP contribution in [0.1, 0.15) is 31.2 Å². The molecule has 2 rings (SSSR count). The topological polar surface area (TPSA) is 12.0 Å². The van der Waals surface area contributed by atoms with Crippen LogP contribution in [0.15, 0.2) is 22.7 Å². The summed E-state index contributed by atoms with van der Waals surface area (Å²) in [5, 5.41) is 3.53. The van der Waals surface area contributed by atoms with E-state index in [0.717, 1.165) is 19.4 Å². The molecule has 1 fully saturated rings. The molecule has 1 atom stereocenters. The molecule has 1 saturated heterocycles. The summed E-state index contributed by atoms with van der Waals surface area (Å²) in [5.74, 6) is -0.181. The van der Waals surface area contributed by atoms with Gasteiger partial charge in [0.2, 0.25) is 0 Å². The highest BCUT2D eigenvalue weighted by Crippen LogP contribution is 2.19. The number of nitrogens with one attached hydrogen (secondary N) is 1. The maximum Gasteiger partial charge on any atom is 0.137 e. The number of benzene rings is 1. The minimum atomic E-state index is -0.181. The van der Waals surface area contributed by atoms with Gasteiger partial charge in [-0.15, -0.1) is 0 Å². The van der Waals surface area contributed by atoms with E-state index in [4.69, 9.17) is 0 Å². The number of aryl methyl sites for hydroxylation is 1. The third-order valence-electron chi connectivity index (χ3n) is 3.18. The van der Waals surface area contributed by atoms with Crippen molar-refractivity contribution in [1.82, 2.24) is 5.32 Å². The summed E-state index contributed by atoms with van der Waals surface area (Å²) in [5.41, 5.74) is 1.21. The van der Waals surface area contributed by atoms with E-state index >= 15 is 0 Å². The monoisotopic (exact) mass is 285 g/mol. The van der Waals surface area contributed by atoms with E-state index in [9.17, 15) is 4.39 Å². The second kappa shape index (κ2) is 5.78. The lowest BCUT2D eigenvalue weighted by molar-refractivity contribution is 0.383. The van der Waals surface area contributed by atoms with Crippen molar-refractivity contribution in [3.05, 3.63) is 34.1 Å². The van der Waals surface area contributed by atoms with Crippen molar-refractivity contribution in [2.24, 2.45) is 0 Å². The Kier molecular flexibility index (Phi) is 4.36. The molecule has 88 valence electrons. The molecule has 0 spiro atoms. The molecule has 1 aliphatic rings. The van der Waals surface area contributed by atoms with Gasteiger partial charge in [-0.2, -0.15) is 0 Å². The van der Waals surface area contributed by atoms with Crippen LogP contribution in [-0.2, 0) is 6.42 Å². The first-order valence-electron chi connectivity index (χ1n) is 5.93. The number of piperidine rings is 1. The van der Waals surface area contributed by atoms with Crippen molar-refractivity contribution in [2.75, 3.05) is 6.54 Å². The highest BCUT2D eigenvalue weighted by Gasteiger charge is 2.12. The number of hydrogen-bond acceptors (Lipinski definition) is 1. The first kappa shape index (κ1) is 12.1. The van der Waals surface area contributed by atoms with Crippen molar-refractivity contribution < 1.29 is 4.39 Å². The van der Waals surface area contributed by atoms with Crippen LogP contribution in [0, 0.1) is 5.82 Å². The van der Waals surface area contributed by atoms with Crippen molar-refractivity contribution in [1.29, 1.82) is 0 Å². The molecular weight excluding hydrogens is 269 g/mol. The molecule has 0 radical (unpaired) electrons. The summed E-state index contributed by atoms with van der Waals surface area (Å²) in [7, 11) is 0. The van der Waals surface area contributed by atoms with Crippen LogP contribution in [0.2, 0.25) is 0 Å². The Bertz CT molecular complexity index is 348. The lowest BCUT2D eigenvalue weighted by atomic mass is 9.98. The summed E-state index contributed by atoms with van der Waals surface area (Å²) >= 11 is 3.22. The average Bonchev–Trinajstić information content (AvgIpc) is 2.32. The highest BCUT2D eigenvalue weighted by molar-refractivity contribution is 9.10. The summed E-state index contributed by atoms with van der Waals surface area (Å²) in [6.07, 6.45) is 6.10. The van der Waals surface area contributed by atoms with Gasteiger partial charge in [0.1, 0.15) is 5.82 Å². The van der Waals surface area contributed by atoms with Gasteiger partial charge in [-0.3, -0.25) is 0 Å². The summed E-state index contributed by atoms with van der Waals surface area (Å²) < 4.78 is 13.6. The summed E-state index contributed by atoms with van der Waals surface area (Å²) in [6, 6.07) is 5.95. The molecule has 16 heavy (non-hydrogen) atoms. The molecule has 0 amide bonds. The minimum Gasteiger partial charge on any atom is -0.314 e. The van der Waals surface area contributed by atoms with E-state index in [0.29, 0.717) is 10.5 Å². The number of hydrogen-bond donors (Lipinski definition) is 1. The Morgan fingerprint density at radius 3 is 2.94 bits per heavy atom. The van der Waals surface area contributed by atoms with Crippen LogP contribution >= 0.6 is 15.9 Å². The molecule has 1 aromatic carbocycles. The van der Waals surface area contributed by atoms with Crippen molar-refractivity contribution >= 4 is 15.9 Å². The largest absolute Gasteiger partial charge is 0.314 e. The standard InChI is InChI=1S/C13H17BrFN/c14-12-9-10(5-7-13(12)15)4-6-11-3-1-2-8-16-11/h5,7,9,11,16H,1-4,6,8H2. The molecule has 1 N–H and O–H groups in total. The fourth-order valence-electron chi connectivity index (χ4n) is 2.21. The van der Waals surface area contributed by atoms with E-state index in [1.54, 1.807) is 0 Å². The lowest BCUT2D eigenvalue weighted by Gasteiger charge is -2.23. The molecule has 1 heterocycles. The normalized spacial score (nSPS) is 21.0. The highest BCUT2D eigenvalue weighted by atomic mass is 79.9. The Balaban J connectivity index is 1.86. The predicted octanol–water partition coefficient (Wildman–Crippen LogP) is 3.66. The Labute approximate surface area is 105 Å². The zero-order valence-corrected chi connectivity index (χ0v) is 10.9. The van der Waals surface area contributed by atoms with Gasteiger partial charge in [0.25, 0.3) is 0 Å². The molecular formula is C13H17BrFN. The van der Waals surface area contributed by atoms with Gasteiger partial charge in [-0.1, -0.05) is 12.5 Å². The molecule has 0 saturated carbocycles. The fourth-order valence-corrected chi connectivity index (χ4v) is 2.63. The van der Waals surface area contributed by atoms with E-state index in [-0.39, 0.29) is 5.82 Å². The van der Waals surface area contributed by atoms with E-state index in [2.05, 4.69) is 21.2 Å². The van der Waals surface area contributed by atoms with E-state index < -0.39 is 0 Å². The summed E-state index contributed by atoms with van der Waals surface area (Å²) in [6.45, 7) is 1.15. The van der Waals surface area contributed by atoms with Crippen LogP contribution in [0.25, 0.3) is 0 Å². The van der Waals surface area contributed by atoms with Gasteiger partial charge in [-0.25, -0.2) is 4.39 Å². The minimum absolute atomic E-state index is 0.181. The van der Waals surface area contributed by atoms with Crippen LogP contribution in [-0.4, -0.2) is 12.6 Å². The second-order valence-corrected chi connectivity index (χ2v) is 5.29. The second-order valence-electron chi connectivity index (χ2n) is 4.43. The zero-order valence-electron chi connectivity index (χ0n) is 9.31. The van der Waals surface area contributed by atoms with Gasteiger partial charge >= 0.3 is 0 Å². The fraction of sp³-hybridized carbons (Fsp3) is 0.538. The third kappa shape index (κ3) is 3.29. The third-order valence-corrected chi connectivity index (χ3v) is 3.79. The number of rotatable bonds is 3. The molecule has 1 unspecified atom stereocenters. The number of halogens is 2. The van der Waals surface area contributed by atoms with Crippen molar-refractivity contribution in [2.45, 2.75) is 38.1 Å². The van der Waals surface area contributed by atoms with Crippen LogP contribution in [0.3, 0.4) is 0 Å². The Hall–Kier alpha value is -0.410. The van der Waals surface area contributed by atoms with Gasteiger partial charge in [-0.05, 0) is 65.9 Å². The molecule has 0 aliphatic carbocycles. The maximum absolute atomic E-state index is 13.0. The quantitative estimate of drug-likeness (QED) is 0.894. The molecule has 3 heteroatoms. The first-order chi connectivity index (χ1) is 7.75. The van der Waals surface area contributed by atoms with Crippen molar-refractivity contribution in [3.8, 4) is 0 Å². The van der Waals surface area contributed by atoms with Crippen LogP contribution < -0.4 is 5.32 Å².